The van der Waals surface area contributed by atoms with Crippen molar-refractivity contribution in [3.63, 3.8) is 0 Å². The first kappa shape index (κ1) is 11.6. The molecule has 0 spiro atoms. The van der Waals surface area contributed by atoms with Crippen molar-refractivity contribution in [3.05, 3.63) is 30.1 Å². The molecule has 1 aliphatic heterocycles. The van der Waals surface area contributed by atoms with Crippen LogP contribution in [-0.2, 0) is 0 Å². The lowest BCUT2D eigenvalue weighted by molar-refractivity contribution is 0.160. The van der Waals surface area contributed by atoms with Gasteiger partial charge in [0.1, 0.15) is 0 Å². The van der Waals surface area contributed by atoms with Crippen molar-refractivity contribution in [2.75, 3.05) is 20.1 Å². The Morgan fingerprint density at radius 1 is 1.44 bits per heavy atom. The Morgan fingerprint density at radius 3 is 2.81 bits per heavy atom. The summed E-state index contributed by atoms with van der Waals surface area (Å²) in [5.74, 6) is 0.452. The minimum absolute atomic E-state index is 0.452. The molecule has 1 saturated heterocycles. The molecule has 1 aliphatic rings. The molecule has 1 aromatic heterocycles. The van der Waals surface area contributed by atoms with E-state index >= 15 is 0 Å². The second kappa shape index (κ2) is 5.41. The molecule has 0 radical (unpaired) electrons. The zero-order valence-corrected chi connectivity index (χ0v) is 9.97. The van der Waals surface area contributed by atoms with Gasteiger partial charge in [-0.3, -0.25) is 4.98 Å². The van der Waals surface area contributed by atoms with Crippen LogP contribution in [0.15, 0.2) is 24.5 Å². The number of rotatable bonds is 3. The molecule has 3 heteroatoms. The van der Waals surface area contributed by atoms with Crippen molar-refractivity contribution < 1.29 is 0 Å². The summed E-state index contributed by atoms with van der Waals surface area (Å²) in [6, 6.07) is 4.79. The highest BCUT2D eigenvalue weighted by molar-refractivity contribution is 5.19. The molecule has 0 saturated carbocycles. The molecule has 1 aromatic rings. The van der Waals surface area contributed by atoms with Gasteiger partial charge in [0.2, 0.25) is 0 Å². The number of nitrogens with two attached hydrogens (primary N) is 1. The van der Waals surface area contributed by atoms with Crippen molar-refractivity contribution in [3.8, 4) is 0 Å². The van der Waals surface area contributed by atoms with Crippen LogP contribution in [0.4, 0.5) is 0 Å². The molecule has 2 unspecified atom stereocenters. The molecule has 2 rings (SSSR count). The van der Waals surface area contributed by atoms with E-state index in [9.17, 15) is 0 Å². The molecule has 1 fully saturated rings. The number of hydrogen-bond acceptors (Lipinski definition) is 3. The maximum atomic E-state index is 5.95. The second-order valence-electron chi connectivity index (χ2n) is 4.67. The molecule has 0 aliphatic carbocycles. The first-order chi connectivity index (χ1) is 7.83. The van der Waals surface area contributed by atoms with Crippen LogP contribution in [0.1, 0.15) is 30.7 Å². The summed E-state index contributed by atoms with van der Waals surface area (Å²) >= 11 is 0. The Hall–Kier alpha value is -0.930. The van der Waals surface area contributed by atoms with Gasteiger partial charge in [-0.25, -0.2) is 0 Å². The van der Waals surface area contributed by atoms with E-state index in [0.717, 1.165) is 6.54 Å². The minimum atomic E-state index is 0.452. The topological polar surface area (TPSA) is 42.1 Å². The van der Waals surface area contributed by atoms with Gasteiger partial charge in [-0.05, 0) is 44.1 Å². The molecular formula is C13H21N3. The van der Waals surface area contributed by atoms with Gasteiger partial charge in [0, 0.05) is 30.9 Å². The average molecular weight is 219 g/mol. The van der Waals surface area contributed by atoms with E-state index in [0.29, 0.717) is 12.0 Å². The monoisotopic (exact) mass is 219 g/mol. The lowest BCUT2D eigenvalue weighted by Crippen LogP contribution is -2.42. The number of likely N-dealkylation sites (tertiary alicyclic amines) is 1. The third-order valence-electron chi connectivity index (χ3n) is 3.68. The second-order valence-corrected chi connectivity index (χ2v) is 4.67. The van der Waals surface area contributed by atoms with Gasteiger partial charge in [-0.2, -0.15) is 0 Å². The van der Waals surface area contributed by atoms with E-state index in [-0.39, 0.29) is 0 Å². The maximum Gasteiger partial charge on any atom is 0.0270 e. The highest BCUT2D eigenvalue weighted by Gasteiger charge is 2.27. The van der Waals surface area contributed by atoms with Gasteiger partial charge < -0.3 is 10.6 Å². The van der Waals surface area contributed by atoms with E-state index in [1.165, 1.54) is 31.4 Å². The van der Waals surface area contributed by atoms with Gasteiger partial charge in [-0.15, -0.1) is 0 Å². The summed E-state index contributed by atoms with van der Waals surface area (Å²) in [5.41, 5.74) is 7.28. The van der Waals surface area contributed by atoms with Gasteiger partial charge >= 0.3 is 0 Å². The minimum Gasteiger partial charge on any atom is -0.330 e. The lowest BCUT2D eigenvalue weighted by atomic mass is 9.86. The summed E-state index contributed by atoms with van der Waals surface area (Å²) in [6.07, 6.45) is 7.64. The standard InChI is InChI=1S/C13H21N3/c1-16-9-3-2-4-13(16)12(10-14)11-5-7-15-8-6-11/h5-8,12-13H,2-4,9-10,14H2,1H3. The van der Waals surface area contributed by atoms with Crippen LogP contribution in [0.2, 0.25) is 0 Å². The predicted octanol–water partition coefficient (Wildman–Crippen LogP) is 1.61. The fraction of sp³-hybridized carbons (Fsp3) is 0.615. The molecule has 0 aromatic carbocycles. The number of likely N-dealkylation sites (N-methyl/N-ethyl adjacent to an activating group) is 1. The van der Waals surface area contributed by atoms with Crippen molar-refractivity contribution in [1.82, 2.24) is 9.88 Å². The third kappa shape index (κ3) is 2.42. The van der Waals surface area contributed by atoms with Crippen LogP contribution in [0.25, 0.3) is 0 Å². The Morgan fingerprint density at radius 2 is 2.19 bits per heavy atom. The van der Waals surface area contributed by atoms with Crippen LogP contribution in [0.3, 0.4) is 0 Å². The van der Waals surface area contributed by atoms with E-state index in [1.807, 2.05) is 12.4 Å². The third-order valence-corrected chi connectivity index (χ3v) is 3.68. The molecule has 88 valence electrons. The number of piperidine rings is 1. The van der Waals surface area contributed by atoms with Crippen molar-refractivity contribution >= 4 is 0 Å². The summed E-state index contributed by atoms with van der Waals surface area (Å²) < 4.78 is 0. The molecule has 2 heterocycles. The molecule has 3 nitrogen and oxygen atoms in total. The van der Waals surface area contributed by atoms with Crippen molar-refractivity contribution in [2.45, 2.75) is 31.2 Å². The lowest BCUT2D eigenvalue weighted by Gasteiger charge is -2.37. The highest BCUT2D eigenvalue weighted by Crippen LogP contribution is 2.28. The van der Waals surface area contributed by atoms with E-state index in [1.54, 1.807) is 0 Å². The first-order valence-electron chi connectivity index (χ1n) is 6.13. The highest BCUT2D eigenvalue weighted by atomic mass is 15.1. The molecule has 0 bridgehead atoms. The molecule has 2 N–H and O–H groups in total. The van der Waals surface area contributed by atoms with E-state index in [4.69, 9.17) is 5.73 Å². The largest absolute Gasteiger partial charge is 0.330 e. The van der Waals surface area contributed by atoms with Gasteiger partial charge in [0.15, 0.2) is 0 Å². The zero-order valence-electron chi connectivity index (χ0n) is 9.97. The number of pyridine rings is 1. The Labute approximate surface area is 97.7 Å². The Balaban J connectivity index is 2.15. The zero-order chi connectivity index (χ0) is 11.4. The number of hydrogen-bond donors (Lipinski definition) is 1. The van der Waals surface area contributed by atoms with Crippen LogP contribution >= 0.6 is 0 Å². The summed E-state index contributed by atoms with van der Waals surface area (Å²) in [5, 5.41) is 0. The number of aromatic nitrogens is 1. The van der Waals surface area contributed by atoms with Gasteiger partial charge in [0.25, 0.3) is 0 Å². The number of nitrogens with zero attached hydrogens (tertiary/aromatic N) is 2. The fourth-order valence-corrected chi connectivity index (χ4v) is 2.74. The smallest absolute Gasteiger partial charge is 0.0270 e. The summed E-state index contributed by atoms with van der Waals surface area (Å²) in [4.78, 5) is 6.53. The molecular weight excluding hydrogens is 198 g/mol. The SMILES string of the molecule is CN1CCCCC1C(CN)c1ccncc1. The maximum absolute atomic E-state index is 5.95. The molecule has 2 atom stereocenters. The summed E-state index contributed by atoms with van der Waals surface area (Å²) in [7, 11) is 2.22. The van der Waals surface area contributed by atoms with Crippen molar-refractivity contribution in [2.24, 2.45) is 5.73 Å². The van der Waals surface area contributed by atoms with Crippen LogP contribution in [0.5, 0.6) is 0 Å². The quantitative estimate of drug-likeness (QED) is 0.839. The molecule has 16 heavy (non-hydrogen) atoms. The van der Waals surface area contributed by atoms with E-state index in [2.05, 4.69) is 29.1 Å². The first-order valence-corrected chi connectivity index (χ1v) is 6.13. The van der Waals surface area contributed by atoms with Gasteiger partial charge in [-0.1, -0.05) is 6.42 Å². The summed E-state index contributed by atoms with van der Waals surface area (Å²) in [6.45, 7) is 1.92. The van der Waals surface area contributed by atoms with Crippen LogP contribution < -0.4 is 5.73 Å². The Bertz CT molecular complexity index is 312. The Kier molecular flexibility index (Phi) is 3.91. The van der Waals surface area contributed by atoms with E-state index < -0.39 is 0 Å². The molecule has 0 amide bonds. The fourth-order valence-electron chi connectivity index (χ4n) is 2.74. The van der Waals surface area contributed by atoms with Crippen LogP contribution in [-0.4, -0.2) is 36.1 Å². The predicted molar refractivity (Wildman–Crippen MR) is 66.3 cm³/mol. The van der Waals surface area contributed by atoms with Crippen LogP contribution in [0, 0.1) is 0 Å². The average Bonchev–Trinajstić information content (AvgIpc) is 2.34. The van der Waals surface area contributed by atoms with Gasteiger partial charge in [0.05, 0.1) is 0 Å². The normalized spacial score (nSPS) is 24.2. The van der Waals surface area contributed by atoms with Crippen molar-refractivity contribution in [1.29, 1.82) is 0 Å².